The predicted octanol–water partition coefficient (Wildman–Crippen LogP) is 2.43. The molecule has 110 valence electrons. The largest absolute Gasteiger partial charge is 0.471 e. The van der Waals surface area contributed by atoms with E-state index < -0.39 is 0 Å². The molecule has 1 aliphatic rings. The van der Waals surface area contributed by atoms with Crippen LogP contribution in [-0.2, 0) is 6.73 Å². The van der Waals surface area contributed by atoms with Crippen LogP contribution in [0.5, 0.6) is 5.75 Å². The average Bonchev–Trinajstić information content (AvgIpc) is 3.10. The van der Waals surface area contributed by atoms with Crippen molar-refractivity contribution < 1.29 is 9.53 Å². The van der Waals surface area contributed by atoms with E-state index in [1.165, 1.54) is 0 Å². The van der Waals surface area contributed by atoms with Crippen LogP contribution in [0.3, 0.4) is 0 Å². The third-order valence-electron chi connectivity index (χ3n) is 3.34. The van der Waals surface area contributed by atoms with Crippen molar-refractivity contribution in [3.05, 3.63) is 47.3 Å². The maximum Gasteiger partial charge on any atom is 0.271 e. The molecule has 1 saturated carbocycles. The van der Waals surface area contributed by atoms with E-state index in [4.69, 9.17) is 4.74 Å². The molecule has 5 nitrogen and oxygen atoms in total. The first-order chi connectivity index (χ1) is 10.1. The Morgan fingerprint density at radius 2 is 2.05 bits per heavy atom. The summed E-state index contributed by atoms with van der Waals surface area (Å²) in [5.41, 5.74) is 2.76. The Morgan fingerprint density at radius 1 is 1.33 bits per heavy atom. The van der Waals surface area contributed by atoms with Crippen molar-refractivity contribution in [2.75, 3.05) is 0 Å². The molecule has 0 atom stereocenters. The predicted molar refractivity (Wildman–Crippen MR) is 79.3 cm³/mol. The molecule has 0 aliphatic heterocycles. The van der Waals surface area contributed by atoms with Gasteiger partial charge in [0.25, 0.3) is 5.91 Å². The number of amides is 1. The topological polar surface area (TPSA) is 56.1 Å². The molecule has 0 unspecified atom stereocenters. The van der Waals surface area contributed by atoms with Crippen molar-refractivity contribution in [2.24, 2.45) is 0 Å². The number of ether oxygens (including phenoxy) is 1. The number of carbonyl (C=O) groups is 1. The Bertz CT molecular complexity index is 639. The summed E-state index contributed by atoms with van der Waals surface area (Å²) >= 11 is 0. The van der Waals surface area contributed by atoms with Crippen molar-refractivity contribution in [3.8, 4) is 5.75 Å². The van der Waals surface area contributed by atoms with Crippen molar-refractivity contribution in [1.29, 1.82) is 0 Å². The smallest absolute Gasteiger partial charge is 0.271 e. The zero-order valence-electron chi connectivity index (χ0n) is 12.3. The van der Waals surface area contributed by atoms with Crippen LogP contribution in [0.1, 0.15) is 34.5 Å². The van der Waals surface area contributed by atoms with Gasteiger partial charge in [0.2, 0.25) is 0 Å². The van der Waals surface area contributed by atoms with Gasteiger partial charge in [-0.15, -0.1) is 0 Å². The molecule has 3 rings (SSSR count). The quantitative estimate of drug-likeness (QED) is 0.918. The summed E-state index contributed by atoms with van der Waals surface area (Å²) in [5, 5.41) is 7.15. The Morgan fingerprint density at radius 3 is 2.71 bits per heavy atom. The highest BCUT2D eigenvalue weighted by Gasteiger charge is 2.24. The maximum absolute atomic E-state index is 11.8. The molecule has 0 saturated heterocycles. The second kappa shape index (κ2) is 5.60. The van der Waals surface area contributed by atoms with Crippen LogP contribution in [-0.4, -0.2) is 21.7 Å². The number of aromatic nitrogens is 2. The van der Waals surface area contributed by atoms with Gasteiger partial charge >= 0.3 is 0 Å². The second-order valence-corrected chi connectivity index (χ2v) is 5.59. The molecule has 1 heterocycles. The first-order valence-electron chi connectivity index (χ1n) is 7.15. The number of hydrogen-bond acceptors (Lipinski definition) is 3. The number of nitrogens with zero attached hydrogens (tertiary/aromatic N) is 2. The minimum absolute atomic E-state index is 0.109. The van der Waals surface area contributed by atoms with Crippen molar-refractivity contribution in [2.45, 2.75) is 39.5 Å². The molecule has 0 radical (unpaired) electrons. The Kier molecular flexibility index (Phi) is 3.64. The summed E-state index contributed by atoms with van der Waals surface area (Å²) in [5.74, 6) is 0.703. The highest BCUT2D eigenvalue weighted by Crippen LogP contribution is 2.19. The molecule has 1 amide bonds. The number of rotatable bonds is 5. The minimum Gasteiger partial charge on any atom is -0.471 e. The van der Waals surface area contributed by atoms with Crippen LogP contribution in [0, 0.1) is 13.8 Å². The van der Waals surface area contributed by atoms with Gasteiger partial charge in [-0.05, 0) is 56.0 Å². The van der Waals surface area contributed by atoms with Gasteiger partial charge in [-0.3, -0.25) is 4.79 Å². The molecule has 1 aromatic heterocycles. The minimum atomic E-state index is -0.109. The summed E-state index contributed by atoms with van der Waals surface area (Å²) in [7, 11) is 0. The monoisotopic (exact) mass is 285 g/mol. The van der Waals surface area contributed by atoms with E-state index in [1.54, 1.807) is 16.9 Å². The molecular weight excluding hydrogens is 266 g/mol. The molecule has 0 spiro atoms. The van der Waals surface area contributed by atoms with Crippen LogP contribution in [0.4, 0.5) is 0 Å². The van der Waals surface area contributed by atoms with E-state index in [9.17, 15) is 4.79 Å². The van der Waals surface area contributed by atoms with Crippen molar-refractivity contribution >= 4 is 5.91 Å². The zero-order valence-corrected chi connectivity index (χ0v) is 12.3. The molecule has 5 heteroatoms. The van der Waals surface area contributed by atoms with Crippen LogP contribution in [0.15, 0.2) is 30.5 Å². The molecule has 1 N–H and O–H groups in total. The molecule has 0 bridgehead atoms. The molecular formula is C16H19N3O2. The fourth-order valence-electron chi connectivity index (χ4n) is 2.20. The number of nitrogens with one attached hydrogen (secondary N) is 1. The number of carbonyl (C=O) groups excluding carboxylic acids is 1. The number of benzene rings is 1. The van der Waals surface area contributed by atoms with Crippen LogP contribution in [0.25, 0.3) is 0 Å². The lowest BCUT2D eigenvalue weighted by Gasteiger charge is -2.08. The van der Waals surface area contributed by atoms with Gasteiger partial charge in [0.15, 0.2) is 6.73 Å². The third-order valence-corrected chi connectivity index (χ3v) is 3.34. The van der Waals surface area contributed by atoms with Gasteiger partial charge in [0.1, 0.15) is 11.4 Å². The summed E-state index contributed by atoms with van der Waals surface area (Å²) in [6, 6.07) is 8.12. The van der Waals surface area contributed by atoms with Crippen molar-refractivity contribution in [1.82, 2.24) is 15.1 Å². The van der Waals surface area contributed by atoms with Crippen LogP contribution < -0.4 is 10.1 Å². The Balaban J connectivity index is 1.60. The summed E-state index contributed by atoms with van der Waals surface area (Å²) < 4.78 is 7.33. The van der Waals surface area contributed by atoms with E-state index >= 15 is 0 Å². The lowest BCUT2D eigenvalue weighted by molar-refractivity contribution is 0.0944. The van der Waals surface area contributed by atoms with E-state index in [2.05, 4.69) is 16.5 Å². The van der Waals surface area contributed by atoms with Crippen LogP contribution in [0.2, 0.25) is 0 Å². The Labute approximate surface area is 123 Å². The lowest BCUT2D eigenvalue weighted by Crippen LogP contribution is -2.26. The van der Waals surface area contributed by atoms with Gasteiger partial charge in [0.05, 0.1) is 0 Å². The van der Waals surface area contributed by atoms with E-state index in [0.29, 0.717) is 18.5 Å². The second-order valence-electron chi connectivity index (χ2n) is 5.59. The standard InChI is InChI=1S/C16H19N3O2/c1-11-7-12(2)9-14(8-11)21-10-19-6-5-15(18-19)16(20)17-13-3-4-13/h5-9,13H,3-4,10H2,1-2H3,(H,17,20). The van der Waals surface area contributed by atoms with Gasteiger partial charge in [-0.2, -0.15) is 5.10 Å². The van der Waals surface area contributed by atoms with Crippen LogP contribution >= 0.6 is 0 Å². The SMILES string of the molecule is Cc1cc(C)cc(OCn2ccc(C(=O)NC3CC3)n2)c1. The first kappa shape index (κ1) is 13.7. The van der Waals surface area contributed by atoms with Gasteiger partial charge < -0.3 is 10.1 Å². The summed E-state index contributed by atoms with van der Waals surface area (Å²) in [6.45, 7) is 4.36. The molecule has 1 aliphatic carbocycles. The highest BCUT2D eigenvalue weighted by molar-refractivity contribution is 5.92. The average molecular weight is 285 g/mol. The molecule has 2 aromatic rings. The van der Waals surface area contributed by atoms with E-state index in [0.717, 1.165) is 29.7 Å². The normalized spacial score (nSPS) is 14.0. The number of aryl methyl sites for hydroxylation is 2. The lowest BCUT2D eigenvalue weighted by atomic mass is 10.1. The van der Waals surface area contributed by atoms with Gasteiger partial charge in [-0.25, -0.2) is 4.68 Å². The fourth-order valence-corrected chi connectivity index (χ4v) is 2.20. The fraction of sp³-hybridized carbons (Fsp3) is 0.375. The number of hydrogen-bond donors (Lipinski definition) is 1. The van der Waals surface area contributed by atoms with E-state index in [-0.39, 0.29) is 5.91 Å². The highest BCUT2D eigenvalue weighted by atomic mass is 16.5. The zero-order chi connectivity index (χ0) is 14.8. The summed E-state index contributed by atoms with van der Waals surface area (Å²) in [6.07, 6.45) is 3.90. The molecule has 1 aromatic carbocycles. The van der Waals surface area contributed by atoms with Crippen molar-refractivity contribution in [3.63, 3.8) is 0 Å². The van der Waals surface area contributed by atoms with E-state index in [1.807, 2.05) is 26.0 Å². The van der Waals surface area contributed by atoms with Gasteiger partial charge in [-0.1, -0.05) is 6.07 Å². The maximum atomic E-state index is 11.8. The molecule has 21 heavy (non-hydrogen) atoms. The van der Waals surface area contributed by atoms with Gasteiger partial charge in [0, 0.05) is 12.2 Å². The molecule has 1 fully saturated rings. The first-order valence-corrected chi connectivity index (χ1v) is 7.15. The third kappa shape index (κ3) is 3.62. The summed E-state index contributed by atoms with van der Waals surface area (Å²) in [4.78, 5) is 11.8. The Hall–Kier alpha value is -2.30.